The molecule has 1 heterocycles. The number of hydrogen-bond donors (Lipinski definition) is 1. The fraction of sp³-hybridized carbons (Fsp3) is 0.312. The zero-order valence-corrected chi connectivity index (χ0v) is 11.1. The fourth-order valence-corrected chi connectivity index (χ4v) is 1.95. The number of nitrogens with two attached hydrogens (primary N) is 1. The molecule has 100 valence electrons. The predicted molar refractivity (Wildman–Crippen MR) is 77.9 cm³/mol. The second kappa shape index (κ2) is 7.54. The summed E-state index contributed by atoms with van der Waals surface area (Å²) >= 11 is 0. The lowest BCUT2D eigenvalue weighted by atomic mass is 10.1. The number of benzene rings is 1. The van der Waals surface area contributed by atoms with Crippen molar-refractivity contribution in [1.82, 2.24) is 4.98 Å². The molecule has 19 heavy (non-hydrogen) atoms. The number of nitrogen functional groups attached to an aromatic ring is 1. The molecule has 0 aliphatic rings. The molecule has 2 aromatic rings. The summed E-state index contributed by atoms with van der Waals surface area (Å²) in [6.07, 6.45) is 4.72. The average molecular weight is 256 g/mol. The number of aromatic nitrogens is 1. The lowest BCUT2D eigenvalue weighted by Gasteiger charge is -2.05. The highest BCUT2D eigenvalue weighted by Crippen LogP contribution is 2.08. The van der Waals surface area contributed by atoms with E-state index in [-0.39, 0.29) is 0 Å². The van der Waals surface area contributed by atoms with Gasteiger partial charge in [0, 0.05) is 30.6 Å². The lowest BCUT2D eigenvalue weighted by Crippen LogP contribution is -2.02. The molecular weight excluding hydrogens is 236 g/mol. The van der Waals surface area contributed by atoms with Crippen molar-refractivity contribution >= 4 is 5.69 Å². The van der Waals surface area contributed by atoms with Crippen LogP contribution in [0.2, 0.25) is 0 Å². The van der Waals surface area contributed by atoms with Crippen molar-refractivity contribution in [1.29, 1.82) is 0 Å². The van der Waals surface area contributed by atoms with Gasteiger partial charge in [0.25, 0.3) is 0 Å². The van der Waals surface area contributed by atoms with E-state index in [0.29, 0.717) is 0 Å². The van der Waals surface area contributed by atoms with Gasteiger partial charge in [0.05, 0.1) is 6.61 Å². The molecule has 0 saturated carbocycles. The Balaban J connectivity index is 1.58. The van der Waals surface area contributed by atoms with Crippen LogP contribution in [0.25, 0.3) is 0 Å². The predicted octanol–water partition coefficient (Wildman–Crippen LogP) is 2.86. The van der Waals surface area contributed by atoms with Crippen molar-refractivity contribution in [3.8, 4) is 0 Å². The normalized spacial score (nSPS) is 10.5. The number of nitrogens with zero attached hydrogens (tertiary/aromatic N) is 1. The maximum atomic E-state index is 5.74. The molecule has 0 aliphatic heterocycles. The minimum absolute atomic E-state index is 0.730. The molecule has 0 unspecified atom stereocenters. The second-order valence-corrected chi connectivity index (χ2v) is 4.53. The number of hydrogen-bond acceptors (Lipinski definition) is 3. The van der Waals surface area contributed by atoms with Crippen LogP contribution in [0.1, 0.15) is 17.7 Å². The molecule has 3 nitrogen and oxygen atoms in total. The summed E-state index contributed by atoms with van der Waals surface area (Å²) in [5.41, 5.74) is 8.92. The molecule has 0 radical (unpaired) electrons. The van der Waals surface area contributed by atoms with Crippen LogP contribution in [0.3, 0.4) is 0 Å². The van der Waals surface area contributed by atoms with Crippen LogP contribution < -0.4 is 5.73 Å². The van der Waals surface area contributed by atoms with Crippen LogP contribution in [0, 0.1) is 0 Å². The molecule has 1 aromatic carbocycles. The van der Waals surface area contributed by atoms with Crippen LogP contribution in [-0.2, 0) is 17.6 Å². The Morgan fingerprint density at radius 3 is 2.74 bits per heavy atom. The van der Waals surface area contributed by atoms with Gasteiger partial charge in [-0.2, -0.15) is 0 Å². The van der Waals surface area contributed by atoms with E-state index in [1.165, 1.54) is 5.56 Å². The van der Waals surface area contributed by atoms with E-state index in [2.05, 4.69) is 11.1 Å². The Kier molecular flexibility index (Phi) is 5.38. The molecule has 0 bridgehead atoms. The lowest BCUT2D eigenvalue weighted by molar-refractivity contribution is 0.134. The monoisotopic (exact) mass is 256 g/mol. The average Bonchev–Trinajstić information content (AvgIpc) is 2.44. The molecule has 0 atom stereocenters. The molecule has 0 amide bonds. The van der Waals surface area contributed by atoms with Gasteiger partial charge in [-0.25, -0.2) is 0 Å². The SMILES string of the molecule is Nc1cccc(CCCOCCc2ccccn2)c1. The molecule has 0 aliphatic carbocycles. The molecule has 0 spiro atoms. The summed E-state index contributed by atoms with van der Waals surface area (Å²) in [6.45, 7) is 1.51. The van der Waals surface area contributed by atoms with E-state index in [9.17, 15) is 0 Å². The third-order valence-electron chi connectivity index (χ3n) is 2.93. The third kappa shape index (κ3) is 5.10. The van der Waals surface area contributed by atoms with E-state index in [1.807, 2.05) is 42.6 Å². The van der Waals surface area contributed by atoms with Crippen molar-refractivity contribution in [2.45, 2.75) is 19.3 Å². The Bertz CT molecular complexity index is 485. The van der Waals surface area contributed by atoms with Gasteiger partial charge in [-0.05, 0) is 42.7 Å². The maximum Gasteiger partial charge on any atom is 0.0521 e. The van der Waals surface area contributed by atoms with Gasteiger partial charge in [0.15, 0.2) is 0 Å². The Morgan fingerprint density at radius 1 is 1.00 bits per heavy atom. The van der Waals surface area contributed by atoms with Crippen molar-refractivity contribution in [3.63, 3.8) is 0 Å². The zero-order valence-electron chi connectivity index (χ0n) is 11.1. The van der Waals surface area contributed by atoms with Crippen LogP contribution in [0.5, 0.6) is 0 Å². The van der Waals surface area contributed by atoms with Gasteiger partial charge in [0.2, 0.25) is 0 Å². The van der Waals surface area contributed by atoms with E-state index >= 15 is 0 Å². The summed E-state index contributed by atoms with van der Waals surface area (Å²) in [6, 6.07) is 14.0. The van der Waals surface area contributed by atoms with Gasteiger partial charge in [-0.15, -0.1) is 0 Å². The number of ether oxygens (including phenoxy) is 1. The van der Waals surface area contributed by atoms with E-state index < -0.39 is 0 Å². The van der Waals surface area contributed by atoms with Gasteiger partial charge in [-0.3, -0.25) is 4.98 Å². The van der Waals surface area contributed by atoms with Crippen LogP contribution in [-0.4, -0.2) is 18.2 Å². The number of anilines is 1. The van der Waals surface area contributed by atoms with Gasteiger partial charge >= 0.3 is 0 Å². The summed E-state index contributed by atoms with van der Waals surface area (Å²) < 4.78 is 5.62. The highest BCUT2D eigenvalue weighted by Gasteiger charge is 1.96. The number of aryl methyl sites for hydroxylation is 1. The topological polar surface area (TPSA) is 48.1 Å². The number of pyridine rings is 1. The summed E-state index contributed by atoms with van der Waals surface area (Å²) in [4.78, 5) is 4.26. The first-order valence-corrected chi connectivity index (χ1v) is 6.66. The number of rotatable bonds is 7. The Hall–Kier alpha value is -1.87. The van der Waals surface area contributed by atoms with Crippen molar-refractivity contribution in [2.75, 3.05) is 18.9 Å². The fourth-order valence-electron chi connectivity index (χ4n) is 1.95. The second-order valence-electron chi connectivity index (χ2n) is 4.53. The molecule has 0 fully saturated rings. The molecule has 3 heteroatoms. The van der Waals surface area contributed by atoms with Gasteiger partial charge < -0.3 is 10.5 Å². The first-order chi connectivity index (χ1) is 9.34. The first-order valence-electron chi connectivity index (χ1n) is 6.66. The minimum Gasteiger partial charge on any atom is -0.399 e. The smallest absolute Gasteiger partial charge is 0.0521 e. The third-order valence-corrected chi connectivity index (χ3v) is 2.93. The quantitative estimate of drug-likeness (QED) is 0.612. The Labute approximate surface area is 114 Å². The summed E-state index contributed by atoms with van der Waals surface area (Å²) in [5, 5.41) is 0. The highest BCUT2D eigenvalue weighted by molar-refractivity contribution is 5.40. The van der Waals surface area contributed by atoms with Crippen LogP contribution in [0.15, 0.2) is 48.7 Å². The molecular formula is C16H20N2O. The van der Waals surface area contributed by atoms with Crippen molar-refractivity contribution in [3.05, 3.63) is 59.9 Å². The molecule has 1 aromatic heterocycles. The standard InChI is InChI=1S/C16H20N2O/c17-15-7-3-5-14(13-15)6-4-11-19-12-9-16-8-1-2-10-18-16/h1-3,5,7-8,10,13H,4,6,9,11-12,17H2. The maximum absolute atomic E-state index is 5.74. The highest BCUT2D eigenvalue weighted by atomic mass is 16.5. The summed E-state index contributed by atoms with van der Waals surface area (Å²) in [5.74, 6) is 0. The van der Waals surface area contributed by atoms with E-state index in [4.69, 9.17) is 10.5 Å². The Morgan fingerprint density at radius 2 is 1.95 bits per heavy atom. The minimum atomic E-state index is 0.730. The molecule has 0 saturated heterocycles. The first kappa shape index (κ1) is 13.6. The van der Waals surface area contributed by atoms with Crippen molar-refractivity contribution < 1.29 is 4.74 Å². The van der Waals surface area contributed by atoms with Gasteiger partial charge in [0.1, 0.15) is 0 Å². The largest absolute Gasteiger partial charge is 0.399 e. The van der Waals surface area contributed by atoms with E-state index in [1.54, 1.807) is 0 Å². The molecule has 2 rings (SSSR count). The molecule has 2 N–H and O–H groups in total. The van der Waals surface area contributed by atoms with Crippen molar-refractivity contribution in [2.24, 2.45) is 0 Å². The van der Waals surface area contributed by atoms with Gasteiger partial charge in [-0.1, -0.05) is 18.2 Å². The zero-order chi connectivity index (χ0) is 13.3. The van der Waals surface area contributed by atoms with E-state index in [0.717, 1.165) is 43.9 Å². The summed E-state index contributed by atoms with van der Waals surface area (Å²) in [7, 11) is 0. The van der Waals surface area contributed by atoms with Crippen LogP contribution >= 0.6 is 0 Å². The van der Waals surface area contributed by atoms with Crippen LogP contribution in [0.4, 0.5) is 5.69 Å².